The van der Waals surface area contributed by atoms with Gasteiger partial charge < -0.3 is 10.6 Å². The first-order valence-corrected chi connectivity index (χ1v) is 7.96. The minimum atomic E-state index is 0.258. The van der Waals surface area contributed by atoms with Crippen molar-refractivity contribution in [3.05, 3.63) is 10.9 Å². The fourth-order valence-corrected chi connectivity index (χ4v) is 3.75. The highest BCUT2D eigenvalue weighted by Crippen LogP contribution is 2.41. The lowest BCUT2D eigenvalue weighted by Gasteiger charge is -2.37. The fraction of sp³-hybridized carbons (Fsp3) is 0.667. The van der Waals surface area contributed by atoms with Crippen LogP contribution in [0.25, 0.3) is 0 Å². The molecule has 0 unspecified atom stereocenters. The first-order valence-electron chi connectivity index (χ1n) is 7.15. The SMILES string of the molecule is CC1(C)CCN(c2cc(N)c(C(=O)C3CC3)s2)CC1. The van der Waals surface area contributed by atoms with Crippen molar-refractivity contribution in [1.29, 1.82) is 0 Å². The number of thiophene rings is 1. The molecule has 0 aromatic carbocycles. The van der Waals surface area contributed by atoms with Gasteiger partial charge in [0.2, 0.25) is 0 Å². The number of nitrogens with two attached hydrogens (primary N) is 1. The van der Waals surface area contributed by atoms with Gasteiger partial charge in [-0.25, -0.2) is 0 Å². The van der Waals surface area contributed by atoms with Gasteiger partial charge in [0.15, 0.2) is 5.78 Å². The van der Waals surface area contributed by atoms with Crippen LogP contribution in [0.15, 0.2) is 6.07 Å². The second-order valence-corrected chi connectivity index (χ2v) is 7.69. The van der Waals surface area contributed by atoms with E-state index in [0.717, 1.165) is 30.8 Å². The molecule has 1 saturated carbocycles. The van der Waals surface area contributed by atoms with Gasteiger partial charge in [-0.15, -0.1) is 11.3 Å². The smallest absolute Gasteiger partial charge is 0.178 e. The van der Waals surface area contributed by atoms with E-state index < -0.39 is 0 Å². The van der Waals surface area contributed by atoms with Gasteiger partial charge in [-0.1, -0.05) is 13.8 Å². The Kier molecular flexibility index (Phi) is 3.08. The Morgan fingerprint density at radius 3 is 2.58 bits per heavy atom. The van der Waals surface area contributed by atoms with E-state index in [1.807, 2.05) is 6.07 Å². The zero-order valence-corrected chi connectivity index (χ0v) is 12.6. The maximum atomic E-state index is 12.1. The highest BCUT2D eigenvalue weighted by molar-refractivity contribution is 7.18. The van der Waals surface area contributed by atoms with Gasteiger partial charge in [-0.3, -0.25) is 4.79 Å². The number of rotatable bonds is 3. The molecule has 2 fully saturated rings. The molecule has 0 atom stereocenters. The molecule has 2 N–H and O–H groups in total. The van der Waals surface area contributed by atoms with E-state index in [1.54, 1.807) is 11.3 Å². The third-order valence-corrected chi connectivity index (χ3v) is 5.57. The quantitative estimate of drug-likeness (QED) is 0.860. The number of ketones is 1. The third-order valence-electron chi connectivity index (χ3n) is 4.35. The van der Waals surface area contributed by atoms with Crippen molar-refractivity contribution in [3.63, 3.8) is 0 Å². The van der Waals surface area contributed by atoms with Crippen LogP contribution in [-0.4, -0.2) is 18.9 Å². The van der Waals surface area contributed by atoms with E-state index in [9.17, 15) is 4.79 Å². The summed E-state index contributed by atoms with van der Waals surface area (Å²) in [6, 6.07) is 2.00. The maximum absolute atomic E-state index is 12.1. The predicted octanol–water partition coefficient (Wildman–Crippen LogP) is 3.55. The summed E-state index contributed by atoms with van der Waals surface area (Å²) in [4.78, 5) is 15.3. The lowest BCUT2D eigenvalue weighted by molar-refractivity contribution is 0.0972. The van der Waals surface area contributed by atoms with E-state index in [-0.39, 0.29) is 11.7 Å². The van der Waals surface area contributed by atoms with Crippen LogP contribution in [0.4, 0.5) is 10.7 Å². The lowest BCUT2D eigenvalue weighted by Crippen LogP contribution is -2.36. The summed E-state index contributed by atoms with van der Waals surface area (Å²) in [7, 11) is 0. The van der Waals surface area contributed by atoms with Gasteiger partial charge in [-0.2, -0.15) is 0 Å². The lowest BCUT2D eigenvalue weighted by atomic mass is 9.83. The van der Waals surface area contributed by atoms with Crippen molar-refractivity contribution >= 4 is 27.8 Å². The summed E-state index contributed by atoms with van der Waals surface area (Å²) in [6.07, 6.45) is 4.50. The molecule has 0 bridgehead atoms. The van der Waals surface area contributed by atoms with E-state index in [2.05, 4.69) is 18.7 Å². The molecule has 2 aliphatic rings. The van der Waals surface area contributed by atoms with E-state index >= 15 is 0 Å². The Balaban J connectivity index is 1.75. The van der Waals surface area contributed by atoms with Crippen LogP contribution in [0.1, 0.15) is 49.2 Å². The molecule has 1 aliphatic heterocycles. The number of nitrogen functional groups attached to an aromatic ring is 1. The molecule has 0 amide bonds. The summed E-state index contributed by atoms with van der Waals surface area (Å²) in [5, 5.41) is 1.18. The van der Waals surface area contributed by atoms with Gasteiger partial charge in [0.25, 0.3) is 0 Å². The summed E-state index contributed by atoms with van der Waals surface area (Å²) >= 11 is 1.59. The molecule has 104 valence electrons. The van der Waals surface area contributed by atoms with Crippen molar-refractivity contribution in [2.24, 2.45) is 11.3 Å². The Bertz CT molecular complexity index is 492. The third kappa shape index (κ3) is 2.64. The summed E-state index contributed by atoms with van der Waals surface area (Å²) in [6.45, 7) is 6.80. The second kappa shape index (κ2) is 4.51. The molecule has 1 saturated heterocycles. The zero-order chi connectivity index (χ0) is 13.6. The van der Waals surface area contributed by atoms with Crippen molar-refractivity contribution in [2.45, 2.75) is 39.5 Å². The molecule has 0 spiro atoms. The number of hydrogen-bond donors (Lipinski definition) is 1. The minimum Gasteiger partial charge on any atom is -0.397 e. The largest absolute Gasteiger partial charge is 0.397 e. The van der Waals surface area contributed by atoms with Crippen molar-refractivity contribution < 1.29 is 4.79 Å². The van der Waals surface area contributed by atoms with E-state index in [0.29, 0.717) is 11.1 Å². The number of Topliss-reactive ketones (excluding diaryl/α,β-unsaturated/α-hetero) is 1. The molecule has 3 nitrogen and oxygen atoms in total. The highest BCUT2D eigenvalue weighted by atomic mass is 32.1. The average molecular weight is 278 g/mol. The van der Waals surface area contributed by atoms with Gasteiger partial charge in [0, 0.05) is 19.0 Å². The fourth-order valence-electron chi connectivity index (χ4n) is 2.60. The minimum absolute atomic E-state index is 0.258. The standard InChI is InChI=1S/C15H22N2OS/c1-15(2)5-7-17(8-6-15)12-9-11(16)14(19-12)13(18)10-3-4-10/h9-10H,3-8,16H2,1-2H3. The van der Waals surface area contributed by atoms with Crippen molar-refractivity contribution in [3.8, 4) is 0 Å². The zero-order valence-electron chi connectivity index (χ0n) is 11.7. The van der Waals surface area contributed by atoms with Crippen LogP contribution in [0, 0.1) is 11.3 Å². The molecule has 3 rings (SSSR count). The molecular formula is C15H22N2OS. The normalized spacial score (nSPS) is 22.5. The molecule has 2 heterocycles. The van der Waals surface area contributed by atoms with E-state index in [1.165, 1.54) is 17.8 Å². The maximum Gasteiger partial charge on any atom is 0.178 e. The average Bonchev–Trinajstić information content (AvgIpc) is 3.12. The van der Waals surface area contributed by atoms with Crippen molar-refractivity contribution in [2.75, 3.05) is 23.7 Å². The number of nitrogens with zero attached hydrogens (tertiary/aromatic N) is 1. The molecule has 0 radical (unpaired) electrons. The Morgan fingerprint density at radius 2 is 2.00 bits per heavy atom. The molecular weight excluding hydrogens is 256 g/mol. The van der Waals surface area contributed by atoms with Gasteiger partial charge >= 0.3 is 0 Å². The summed E-state index contributed by atoms with van der Waals surface area (Å²) in [5.41, 5.74) is 7.16. The van der Waals surface area contributed by atoms with Gasteiger partial charge in [0.1, 0.15) is 0 Å². The number of carbonyl (C=O) groups is 1. The monoisotopic (exact) mass is 278 g/mol. The summed E-state index contributed by atoms with van der Waals surface area (Å²) < 4.78 is 0. The first-order chi connectivity index (χ1) is 8.96. The van der Waals surface area contributed by atoms with Crippen molar-refractivity contribution in [1.82, 2.24) is 0 Å². The predicted molar refractivity (Wildman–Crippen MR) is 81.0 cm³/mol. The first kappa shape index (κ1) is 13.0. The molecule has 1 aromatic heterocycles. The number of carbonyl (C=O) groups excluding carboxylic acids is 1. The number of piperidine rings is 1. The van der Waals surface area contributed by atoms with Crippen LogP contribution >= 0.6 is 11.3 Å². The number of anilines is 2. The topological polar surface area (TPSA) is 46.3 Å². The van der Waals surface area contributed by atoms with E-state index in [4.69, 9.17) is 5.73 Å². The number of hydrogen-bond acceptors (Lipinski definition) is 4. The van der Waals surface area contributed by atoms with Crippen LogP contribution in [-0.2, 0) is 0 Å². The Morgan fingerprint density at radius 1 is 1.37 bits per heavy atom. The Labute approximate surface area is 118 Å². The highest BCUT2D eigenvalue weighted by Gasteiger charge is 2.33. The molecule has 19 heavy (non-hydrogen) atoms. The molecule has 1 aromatic rings. The van der Waals surface area contributed by atoms with Crippen LogP contribution in [0.3, 0.4) is 0 Å². The van der Waals surface area contributed by atoms with Crippen LogP contribution in [0.2, 0.25) is 0 Å². The molecule has 1 aliphatic carbocycles. The second-order valence-electron chi connectivity index (χ2n) is 6.66. The molecule has 4 heteroatoms. The van der Waals surface area contributed by atoms with Gasteiger partial charge in [-0.05, 0) is 37.2 Å². The Hall–Kier alpha value is -1.03. The van der Waals surface area contributed by atoms with Crippen LogP contribution < -0.4 is 10.6 Å². The van der Waals surface area contributed by atoms with Crippen LogP contribution in [0.5, 0.6) is 0 Å². The van der Waals surface area contributed by atoms with Gasteiger partial charge in [0.05, 0.1) is 15.6 Å². The summed E-state index contributed by atoms with van der Waals surface area (Å²) in [5.74, 6) is 0.528.